The first-order chi connectivity index (χ1) is 13.6. The Morgan fingerprint density at radius 3 is 1.24 bits per heavy atom. The van der Waals surface area contributed by atoms with Crippen LogP contribution in [0.4, 0.5) is 0 Å². The Bertz CT molecular complexity index is 438. The predicted octanol–water partition coefficient (Wildman–Crippen LogP) is 9.38. The first-order valence-electron chi connectivity index (χ1n) is 10.5. The molecule has 0 saturated heterocycles. The van der Waals surface area contributed by atoms with E-state index in [2.05, 4.69) is 107 Å². The molecule has 0 heterocycles. The molecular weight excluding hydrogens is 731 g/mol. The van der Waals surface area contributed by atoms with Gasteiger partial charge in [0, 0.05) is 0 Å². The Labute approximate surface area is 222 Å². The van der Waals surface area contributed by atoms with Gasteiger partial charge in [-0.25, -0.2) is 0 Å². The molecule has 0 aromatic carbocycles. The molecule has 29 heavy (non-hydrogen) atoms. The van der Waals surface area contributed by atoms with Crippen LogP contribution in [-0.4, -0.2) is 13.4 Å². The number of fused-ring (bicyclic) bond motifs is 2. The Kier molecular flexibility index (Phi) is 13.1. The summed E-state index contributed by atoms with van der Waals surface area (Å²) in [6, 6.07) is 0. The van der Waals surface area contributed by atoms with Crippen LogP contribution in [0.15, 0.2) is 0 Å². The molecule has 4 aliphatic carbocycles. The van der Waals surface area contributed by atoms with E-state index in [9.17, 15) is 0 Å². The van der Waals surface area contributed by atoms with E-state index in [0.717, 1.165) is 0 Å². The second kappa shape index (κ2) is 13.4. The molecule has 7 heteroatoms. The molecule has 0 N–H and O–H groups in total. The van der Waals surface area contributed by atoms with Crippen LogP contribution in [0.2, 0.25) is 26.2 Å². The van der Waals surface area contributed by atoms with Crippen LogP contribution in [0.1, 0.15) is 51.4 Å². The van der Waals surface area contributed by atoms with Crippen LogP contribution < -0.4 is 0 Å². The molecule has 4 aliphatic rings. The molecule has 0 unspecified atom stereocenters. The standard InChI is InChI=1S/2C11H16BrSi.2BrH.Zr/c2*1-13(2,12)11-8-7-9-5-3-4-6-10(9)11;;;/h2*7-8H,3-6H2,1-2H3;2*1H;/q;;;;+4/p-2. The van der Waals surface area contributed by atoms with Gasteiger partial charge in [0.1, 0.15) is 13.4 Å². The van der Waals surface area contributed by atoms with Crippen molar-refractivity contribution in [1.29, 1.82) is 0 Å². The molecule has 0 aliphatic heterocycles. The SMILES string of the molecule is C[Si](C)(Br)[C]1[CH][CH][C]2CCCC[C]21.C[Si](C)(Br)[C]1[CH][CH][C]2CCCC[C]21.[Br][Zr+2][Br]. The van der Waals surface area contributed by atoms with Crippen LogP contribution in [0, 0.1) is 60.4 Å². The van der Waals surface area contributed by atoms with E-state index >= 15 is 0 Å². The minimum absolute atomic E-state index is 0.145. The summed E-state index contributed by atoms with van der Waals surface area (Å²) in [4.78, 5) is 0. The van der Waals surface area contributed by atoms with Gasteiger partial charge in [-0.05, 0) is 86.1 Å². The molecule has 0 aromatic rings. The van der Waals surface area contributed by atoms with E-state index in [-0.39, 0.29) is 18.5 Å². The molecule has 0 aromatic heterocycles. The molecule has 158 valence electrons. The fraction of sp³-hybridized carbons (Fsp3) is 0.545. The van der Waals surface area contributed by atoms with Gasteiger partial charge in [-0.3, -0.25) is 0 Å². The molecule has 0 spiro atoms. The Hall–Kier alpha value is 3.24. The van der Waals surface area contributed by atoms with Gasteiger partial charge in [0.05, 0.1) is 0 Å². The Balaban J connectivity index is 0.000000183. The third kappa shape index (κ3) is 8.75. The van der Waals surface area contributed by atoms with E-state index in [1.165, 1.54) is 51.4 Å². The van der Waals surface area contributed by atoms with E-state index in [1.807, 2.05) is 0 Å². The zero-order chi connectivity index (χ0) is 21.7. The first-order valence-corrected chi connectivity index (χ1v) is 32.2. The van der Waals surface area contributed by atoms with Gasteiger partial charge in [0.15, 0.2) is 0 Å². The van der Waals surface area contributed by atoms with Gasteiger partial charge in [-0.2, -0.15) is 0 Å². The van der Waals surface area contributed by atoms with Gasteiger partial charge in [-0.1, -0.05) is 51.9 Å². The molecule has 4 rings (SSSR count). The summed E-state index contributed by atoms with van der Waals surface area (Å²) in [6.07, 6.45) is 20.2. The van der Waals surface area contributed by atoms with Gasteiger partial charge in [0.25, 0.3) is 0 Å². The zero-order valence-corrected chi connectivity index (χ0v) is 28.8. The van der Waals surface area contributed by atoms with Crippen LogP contribution in [0.25, 0.3) is 0 Å². The van der Waals surface area contributed by atoms with Gasteiger partial charge in [0.2, 0.25) is 0 Å². The number of hydrogen-bond donors (Lipinski definition) is 0. The molecular formula is C22H32Br4Si2Zr+2. The van der Waals surface area contributed by atoms with Gasteiger partial charge < -0.3 is 0 Å². The second-order valence-corrected chi connectivity index (χ2v) is 39.1. The van der Waals surface area contributed by atoms with Crippen LogP contribution >= 0.6 is 55.0 Å². The van der Waals surface area contributed by atoms with Crippen molar-refractivity contribution in [3.63, 3.8) is 0 Å². The third-order valence-electron chi connectivity index (χ3n) is 5.85. The topological polar surface area (TPSA) is 0 Å². The van der Waals surface area contributed by atoms with E-state index in [4.69, 9.17) is 0 Å². The summed E-state index contributed by atoms with van der Waals surface area (Å²) >= 11 is 14.1. The average Bonchev–Trinajstić information content (AvgIpc) is 3.26. The summed E-state index contributed by atoms with van der Waals surface area (Å²) in [6.45, 7) is 6.99. The van der Waals surface area contributed by atoms with Crippen molar-refractivity contribution in [2.45, 2.75) is 77.6 Å². The van der Waals surface area contributed by atoms with Crippen molar-refractivity contribution in [2.24, 2.45) is 0 Å². The Morgan fingerprint density at radius 1 is 0.621 bits per heavy atom. The van der Waals surface area contributed by atoms with Crippen molar-refractivity contribution in [3.05, 3.63) is 60.4 Å². The second-order valence-electron chi connectivity index (χ2n) is 8.93. The summed E-state index contributed by atoms with van der Waals surface area (Å²) in [7, 11) is 0. The van der Waals surface area contributed by atoms with E-state index in [0.29, 0.717) is 0 Å². The van der Waals surface area contributed by atoms with Crippen molar-refractivity contribution in [3.8, 4) is 0 Å². The summed E-state index contributed by atoms with van der Waals surface area (Å²) in [5, 5.41) is 0. The fourth-order valence-electron chi connectivity index (χ4n) is 4.52. The van der Waals surface area contributed by atoms with Crippen LogP contribution in [0.5, 0.6) is 0 Å². The van der Waals surface area contributed by atoms with E-state index < -0.39 is 13.4 Å². The summed E-state index contributed by atoms with van der Waals surface area (Å²) < 4.78 is 0. The third-order valence-corrected chi connectivity index (χ3v) is 11.9. The fourth-order valence-corrected chi connectivity index (χ4v) is 9.72. The monoisotopic (exact) mass is 758 g/mol. The van der Waals surface area contributed by atoms with Gasteiger partial charge in [-0.15, -0.1) is 30.6 Å². The van der Waals surface area contributed by atoms with Crippen molar-refractivity contribution in [1.82, 2.24) is 0 Å². The Morgan fingerprint density at radius 2 is 0.931 bits per heavy atom. The van der Waals surface area contributed by atoms with Crippen molar-refractivity contribution in [2.75, 3.05) is 0 Å². The predicted molar refractivity (Wildman–Crippen MR) is 144 cm³/mol. The quantitative estimate of drug-likeness (QED) is 0.194. The minimum atomic E-state index is -1.25. The van der Waals surface area contributed by atoms with Gasteiger partial charge >= 0.3 is 43.0 Å². The number of halogens is 4. The number of rotatable bonds is 2. The summed E-state index contributed by atoms with van der Waals surface area (Å²) in [5.41, 5.74) is 3.28. The maximum atomic E-state index is 3.88. The van der Waals surface area contributed by atoms with Crippen LogP contribution in [0.3, 0.4) is 0 Å². The molecule has 0 nitrogen and oxygen atoms in total. The van der Waals surface area contributed by atoms with Crippen molar-refractivity contribution >= 4 is 68.4 Å². The molecule has 10 radical (unpaired) electrons. The van der Waals surface area contributed by atoms with Crippen molar-refractivity contribution < 1.29 is 18.5 Å². The summed E-state index contributed by atoms with van der Waals surface area (Å²) in [5.74, 6) is 6.61. The number of hydrogen-bond acceptors (Lipinski definition) is 0. The first kappa shape index (κ1) is 28.5. The normalized spacial score (nSPS) is 25.4. The molecule has 4 fully saturated rings. The maximum absolute atomic E-state index is 3.88. The van der Waals surface area contributed by atoms with E-state index in [1.54, 1.807) is 34.8 Å². The average molecular weight is 764 g/mol. The van der Waals surface area contributed by atoms with Crippen LogP contribution in [-0.2, 0) is 18.5 Å². The zero-order valence-electron chi connectivity index (χ0n) is 18.0. The molecule has 0 bridgehead atoms. The molecule has 0 atom stereocenters. The molecule has 4 saturated carbocycles. The molecule has 0 amide bonds.